The molecule has 0 radical (unpaired) electrons. The molecule has 1 aliphatic rings. The molecule has 1 atom stereocenters. The Hall–Kier alpha value is -3.05. The maximum Gasteiger partial charge on any atom is 0.320 e. The molecule has 0 spiro atoms. The van der Waals surface area contributed by atoms with Gasteiger partial charge in [0.1, 0.15) is 24.2 Å². The van der Waals surface area contributed by atoms with Crippen molar-refractivity contribution in [1.29, 1.82) is 5.26 Å². The second-order valence-electron chi connectivity index (χ2n) is 7.79. The fraction of sp³-hybridized carbons (Fsp3) is 0.231. The van der Waals surface area contributed by atoms with Crippen molar-refractivity contribution in [1.82, 2.24) is 4.90 Å². The Kier molecular flexibility index (Phi) is 8.94. The van der Waals surface area contributed by atoms with Crippen molar-refractivity contribution in [3.63, 3.8) is 0 Å². The van der Waals surface area contributed by atoms with Crippen molar-refractivity contribution < 1.29 is 19.0 Å². The average molecular weight is 499 g/mol. The number of rotatable bonds is 8. The van der Waals surface area contributed by atoms with Crippen molar-refractivity contribution in [2.75, 3.05) is 19.7 Å². The van der Waals surface area contributed by atoms with E-state index in [-0.39, 0.29) is 18.2 Å². The van der Waals surface area contributed by atoms with Crippen LogP contribution in [0.25, 0.3) is 11.1 Å². The van der Waals surface area contributed by atoms with Crippen LogP contribution in [-0.4, -0.2) is 41.7 Å². The van der Waals surface area contributed by atoms with Gasteiger partial charge in [-0.05, 0) is 73.0 Å². The van der Waals surface area contributed by atoms with Gasteiger partial charge in [0.25, 0.3) is 0 Å². The van der Waals surface area contributed by atoms with E-state index in [9.17, 15) is 14.3 Å². The largest absolute Gasteiger partial charge is 0.491 e. The predicted molar refractivity (Wildman–Crippen MR) is 132 cm³/mol. The van der Waals surface area contributed by atoms with E-state index in [1.165, 1.54) is 23.9 Å². The van der Waals surface area contributed by atoms with Gasteiger partial charge in [-0.1, -0.05) is 36.0 Å². The quantitative estimate of drug-likeness (QED) is 0.419. The van der Waals surface area contributed by atoms with Gasteiger partial charge >= 0.3 is 5.97 Å². The number of nitriles is 1. The van der Waals surface area contributed by atoms with Gasteiger partial charge in [0, 0.05) is 11.4 Å². The number of hydrogen-bond donors (Lipinski definition) is 1. The summed E-state index contributed by atoms with van der Waals surface area (Å²) in [5.74, 6) is -0.444. The summed E-state index contributed by atoms with van der Waals surface area (Å²) < 4.78 is 19.8. The molecular formula is C26H24ClFN2O3S. The standard InChI is InChI=1S/C26H23FN2O3S.ClH/c27-21-3-1-4-22(16-21)33-25-11-10-20(19-8-6-18(17-28)7-9-19)15-24(25)32-14-13-29-12-2-5-23(29)26(30)31;/h1,3-4,6-11,15-16,23H,2,5,12-14H2,(H,30,31);1H. The first kappa shape index (κ1) is 25.6. The number of carboxylic acid groups (broad SMARTS) is 1. The van der Waals surface area contributed by atoms with Gasteiger partial charge in [-0.3, -0.25) is 9.69 Å². The molecule has 5 nitrogen and oxygen atoms in total. The maximum atomic E-state index is 13.7. The molecule has 1 N–H and O–H groups in total. The first-order valence-corrected chi connectivity index (χ1v) is 11.5. The summed E-state index contributed by atoms with van der Waals surface area (Å²) in [6, 6.07) is 21.2. The lowest BCUT2D eigenvalue weighted by atomic mass is 10.0. The van der Waals surface area contributed by atoms with Crippen LogP contribution in [0.4, 0.5) is 4.39 Å². The van der Waals surface area contributed by atoms with Crippen LogP contribution in [0, 0.1) is 17.1 Å². The highest BCUT2D eigenvalue weighted by Crippen LogP contribution is 2.38. The normalized spacial score (nSPS) is 15.4. The van der Waals surface area contributed by atoms with E-state index in [1.54, 1.807) is 18.2 Å². The van der Waals surface area contributed by atoms with E-state index in [4.69, 9.17) is 10.00 Å². The summed E-state index contributed by atoms with van der Waals surface area (Å²) in [6.07, 6.45) is 1.52. The molecule has 0 amide bonds. The van der Waals surface area contributed by atoms with Gasteiger partial charge in [0.05, 0.1) is 16.5 Å². The Balaban J connectivity index is 0.00000324. The van der Waals surface area contributed by atoms with Gasteiger partial charge in [-0.15, -0.1) is 12.4 Å². The van der Waals surface area contributed by atoms with Crippen LogP contribution in [0.5, 0.6) is 5.75 Å². The summed E-state index contributed by atoms with van der Waals surface area (Å²) in [5, 5.41) is 18.4. The van der Waals surface area contributed by atoms with Crippen molar-refractivity contribution in [3.8, 4) is 22.9 Å². The zero-order chi connectivity index (χ0) is 23.2. The zero-order valence-electron chi connectivity index (χ0n) is 18.3. The molecule has 1 aliphatic heterocycles. The van der Waals surface area contributed by atoms with Gasteiger partial charge < -0.3 is 9.84 Å². The molecule has 1 heterocycles. The molecule has 1 fully saturated rings. The summed E-state index contributed by atoms with van der Waals surface area (Å²) in [7, 11) is 0. The SMILES string of the molecule is Cl.N#Cc1ccc(-c2ccc(Sc3cccc(F)c3)c(OCCN3CCCC3C(=O)O)c2)cc1. The molecule has 176 valence electrons. The lowest BCUT2D eigenvalue weighted by molar-refractivity contribution is -0.142. The fourth-order valence-corrected chi connectivity index (χ4v) is 4.85. The van der Waals surface area contributed by atoms with Crippen LogP contribution in [0.2, 0.25) is 0 Å². The smallest absolute Gasteiger partial charge is 0.320 e. The summed E-state index contributed by atoms with van der Waals surface area (Å²) in [5.41, 5.74) is 2.47. The van der Waals surface area contributed by atoms with E-state index < -0.39 is 12.0 Å². The Morgan fingerprint density at radius 2 is 1.91 bits per heavy atom. The number of halogens is 2. The van der Waals surface area contributed by atoms with Crippen molar-refractivity contribution in [2.24, 2.45) is 0 Å². The number of carboxylic acids is 1. The number of aliphatic carboxylic acids is 1. The van der Waals surface area contributed by atoms with Gasteiger partial charge in [-0.2, -0.15) is 5.26 Å². The molecule has 0 aromatic heterocycles. The first-order valence-electron chi connectivity index (χ1n) is 10.7. The topological polar surface area (TPSA) is 73.6 Å². The summed E-state index contributed by atoms with van der Waals surface area (Å²) in [6.45, 7) is 1.61. The Morgan fingerprint density at radius 3 is 2.62 bits per heavy atom. The van der Waals surface area contributed by atoms with Gasteiger partial charge in [-0.25, -0.2) is 4.39 Å². The fourth-order valence-electron chi connectivity index (χ4n) is 3.93. The van der Waals surface area contributed by atoms with Gasteiger partial charge in [0.15, 0.2) is 0 Å². The van der Waals surface area contributed by atoms with Crippen LogP contribution in [0.1, 0.15) is 18.4 Å². The predicted octanol–water partition coefficient (Wildman–Crippen LogP) is 5.87. The number of nitrogens with zero attached hydrogens (tertiary/aromatic N) is 2. The minimum Gasteiger partial charge on any atom is -0.491 e. The number of carbonyl (C=O) groups is 1. The van der Waals surface area contributed by atoms with Gasteiger partial charge in [0.2, 0.25) is 0 Å². The Bertz CT molecular complexity index is 1180. The van der Waals surface area contributed by atoms with E-state index in [0.717, 1.165) is 33.9 Å². The Morgan fingerprint density at radius 1 is 1.15 bits per heavy atom. The van der Waals surface area contributed by atoms with Crippen LogP contribution in [-0.2, 0) is 4.79 Å². The molecule has 3 aromatic rings. The lowest BCUT2D eigenvalue weighted by Crippen LogP contribution is -2.38. The molecule has 3 aromatic carbocycles. The third-order valence-electron chi connectivity index (χ3n) is 5.60. The molecule has 34 heavy (non-hydrogen) atoms. The molecule has 4 rings (SSSR count). The monoisotopic (exact) mass is 498 g/mol. The molecule has 0 bridgehead atoms. The summed E-state index contributed by atoms with van der Waals surface area (Å²) >= 11 is 1.41. The van der Waals surface area contributed by atoms with Crippen LogP contribution >= 0.6 is 24.2 Å². The highest BCUT2D eigenvalue weighted by molar-refractivity contribution is 7.99. The van der Waals surface area contributed by atoms with E-state index >= 15 is 0 Å². The second-order valence-corrected chi connectivity index (χ2v) is 8.91. The molecule has 0 aliphatic carbocycles. The van der Waals surface area contributed by atoms with Crippen LogP contribution in [0.3, 0.4) is 0 Å². The van der Waals surface area contributed by atoms with Crippen molar-refractivity contribution in [3.05, 3.63) is 78.1 Å². The Labute approximate surface area is 208 Å². The van der Waals surface area contributed by atoms with Crippen LogP contribution in [0.15, 0.2) is 76.5 Å². The molecule has 8 heteroatoms. The minimum absolute atomic E-state index is 0. The van der Waals surface area contributed by atoms with Crippen LogP contribution < -0.4 is 4.74 Å². The number of hydrogen-bond acceptors (Lipinski definition) is 5. The first-order chi connectivity index (χ1) is 16.0. The van der Waals surface area contributed by atoms with E-state index in [1.807, 2.05) is 41.3 Å². The van der Waals surface area contributed by atoms with Crippen molar-refractivity contribution >= 4 is 30.1 Å². The minimum atomic E-state index is -0.794. The maximum absolute atomic E-state index is 13.7. The molecule has 1 saturated heterocycles. The average Bonchev–Trinajstić information content (AvgIpc) is 3.29. The zero-order valence-corrected chi connectivity index (χ0v) is 19.9. The van der Waals surface area contributed by atoms with E-state index in [2.05, 4.69) is 6.07 Å². The summed E-state index contributed by atoms with van der Waals surface area (Å²) in [4.78, 5) is 15.0. The number of likely N-dealkylation sites (tertiary alicyclic amines) is 1. The number of ether oxygens (including phenoxy) is 1. The lowest BCUT2D eigenvalue weighted by Gasteiger charge is -2.21. The number of benzene rings is 3. The second kappa shape index (κ2) is 11.9. The van der Waals surface area contributed by atoms with Crippen molar-refractivity contribution in [2.45, 2.75) is 28.7 Å². The highest BCUT2D eigenvalue weighted by Gasteiger charge is 2.30. The third-order valence-corrected chi connectivity index (χ3v) is 6.65. The highest BCUT2D eigenvalue weighted by atomic mass is 35.5. The molecule has 1 unspecified atom stereocenters. The molecular weight excluding hydrogens is 475 g/mol. The third kappa shape index (κ3) is 6.29. The molecule has 0 saturated carbocycles. The van der Waals surface area contributed by atoms with E-state index in [0.29, 0.717) is 30.9 Å².